The lowest BCUT2D eigenvalue weighted by Gasteiger charge is -2.09. The molecular formula is C23H21F2N5O2. The molecule has 0 saturated carbocycles. The van der Waals surface area contributed by atoms with Gasteiger partial charge in [0.05, 0.1) is 6.20 Å². The molecule has 0 unspecified atom stereocenters. The molecule has 9 heteroatoms. The van der Waals surface area contributed by atoms with E-state index in [1.165, 1.54) is 21.9 Å². The van der Waals surface area contributed by atoms with Crippen LogP contribution in [0.5, 0.6) is 5.75 Å². The van der Waals surface area contributed by atoms with E-state index in [0.717, 1.165) is 49.2 Å². The molecule has 4 aromatic heterocycles. The van der Waals surface area contributed by atoms with E-state index in [1.54, 1.807) is 12.3 Å². The predicted octanol–water partition coefficient (Wildman–Crippen LogP) is 3.01. The Morgan fingerprint density at radius 2 is 2.09 bits per heavy atom. The first kappa shape index (κ1) is 20.3. The second-order valence-corrected chi connectivity index (χ2v) is 7.75. The number of nitrogens with zero attached hydrogens (tertiary/aromatic N) is 4. The Bertz CT molecular complexity index is 1380. The number of aryl methyl sites for hydroxylation is 1. The molecule has 164 valence electrons. The SMILES string of the molecule is Cn1c2c(c3ccc(-n4ccc(OCc5ncc(F)cc5F)cc4=O)nc31)CNCCC2. The zero-order chi connectivity index (χ0) is 22.2. The van der Waals surface area contributed by atoms with Gasteiger partial charge in [0.25, 0.3) is 5.56 Å². The number of pyridine rings is 3. The maximum atomic E-state index is 13.7. The van der Waals surface area contributed by atoms with Gasteiger partial charge >= 0.3 is 0 Å². The number of halogens is 2. The number of nitrogens with one attached hydrogen (secondary N) is 1. The van der Waals surface area contributed by atoms with Crippen molar-refractivity contribution in [1.82, 2.24) is 24.4 Å². The summed E-state index contributed by atoms with van der Waals surface area (Å²) in [7, 11) is 2.01. The van der Waals surface area contributed by atoms with Crippen LogP contribution in [0.3, 0.4) is 0 Å². The molecular weight excluding hydrogens is 416 g/mol. The van der Waals surface area contributed by atoms with Crippen LogP contribution in [0.15, 0.2) is 47.5 Å². The molecule has 0 atom stereocenters. The Morgan fingerprint density at radius 1 is 1.22 bits per heavy atom. The van der Waals surface area contributed by atoms with Crippen LogP contribution in [0, 0.1) is 11.6 Å². The zero-order valence-corrected chi connectivity index (χ0v) is 17.4. The smallest absolute Gasteiger partial charge is 0.259 e. The van der Waals surface area contributed by atoms with Crippen LogP contribution in [0.2, 0.25) is 0 Å². The molecule has 0 aliphatic carbocycles. The topological polar surface area (TPSA) is 74.0 Å². The summed E-state index contributed by atoms with van der Waals surface area (Å²) >= 11 is 0. The number of hydrogen-bond donors (Lipinski definition) is 1. The molecule has 32 heavy (non-hydrogen) atoms. The van der Waals surface area contributed by atoms with Gasteiger partial charge in [0.2, 0.25) is 0 Å². The van der Waals surface area contributed by atoms with Gasteiger partial charge in [-0.25, -0.2) is 13.8 Å². The van der Waals surface area contributed by atoms with E-state index in [0.29, 0.717) is 5.82 Å². The number of fused-ring (bicyclic) bond motifs is 3. The molecule has 1 aliphatic heterocycles. The molecule has 7 nitrogen and oxygen atoms in total. The van der Waals surface area contributed by atoms with Crippen LogP contribution >= 0.6 is 0 Å². The van der Waals surface area contributed by atoms with E-state index in [9.17, 15) is 13.6 Å². The van der Waals surface area contributed by atoms with Gasteiger partial charge in [-0.1, -0.05) is 0 Å². The van der Waals surface area contributed by atoms with Gasteiger partial charge in [0.15, 0.2) is 5.82 Å². The summed E-state index contributed by atoms with van der Waals surface area (Å²) in [5.41, 5.74) is 2.99. The fraction of sp³-hybridized carbons (Fsp3) is 0.261. The molecule has 0 amide bonds. The van der Waals surface area contributed by atoms with Crippen LogP contribution < -0.4 is 15.6 Å². The number of hydrogen-bond acceptors (Lipinski definition) is 5. The van der Waals surface area contributed by atoms with Gasteiger partial charge < -0.3 is 14.6 Å². The Morgan fingerprint density at radius 3 is 2.91 bits per heavy atom. The summed E-state index contributed by atoms with van der Waals surface area (Å²) in [6.45, 7) is 1.58. The van der Waals surface area contributed by atoms with E-state index >= 15 is 0 Å². The monoisotopic (exact) mass is 437 g/mol. The third-order valence-corrected chi connectivity index (χ3v) is 5.72. The van der Waals surface area contributed by atoms with Crippen molar-refractivity contribution >= 4 is 11.0 Å². The standard InChI is InChI=1S/C23H21F2N5O2/c1-29-20-3-2-7-26-12-17(20)16-4-5-21(28-23(16)29)30-8-6-15(10-22(30)31)32-13-19-18(25)9-14(24)11-27-19/h4-6,8-11,26H,2-3,7,12-13H2,1H3. The predicted molar refractivity (Wildman–Crippen MR) is 115 cm³/mol. The normalized spacial score (nSPS) is 13.7. The quantitative estimate of drug-likeness (QED) is 0.531. The fourth-order valence-corrected chi connectivity index (χ4v) is 4.10. The summed E-state index contributed by atoms with van der Waals surface area (Å²) in [5.74, 6) is -0.797. The summed E-state index contributed by atoms with van der Waals surface area (Å²) in [4.78, 5) is 21.1. The lowest BCUT2D eigenvalue weighted by atomic mass is 10.1. The van der Waals surface area contributed by atoms with Gasteiger partial charge in [-0.15, -0.1) is 0 Å². The third kappa shape index (κ3) is 3.64. The Labute approximate surface area is 182 Å². The highest BCUT2D eigenvalue weighted by Gasteiger charge is 2.18. The second-order valence-electron chi connectivity index (χ2n) is 7.75. The van der Waals surface area contributed by atoms with Gasteiger partial charge in [-0.3, -0.25) is 14.3 Å². The fourth-order valence-electron chi connectivity index (χ4n) is 4.10. The second kappa shape index (κ2) is 8.16. The molecule has 1 N–H and O–H groups in total. The summed E-state index contributed by atoms with van der Waals surface area (Å²) in [5, 5.41) is 4.53. The number of rotatable bonds is 4. The van der Waals surface area contributed by atoms with Crippen molar-refractivity contribution in [1.29, 1.82) is 0 Å². The van der Waals surface area contributed by atoms with Crippen LogP contribution in [-0.2, 0) is 26.6 Å². The average Bonchev–Trinajstić information content (AvgIpc) is 2.93. The van der Waals surface area contributed by atoms with E-state index in [1.807, 2.05) is 19.2 Å². The minimum absolute atomic E-state index is 0.0411. The lowest BCUT2D eigenvalue weighted by molar-refractivity contribution is 0.292. The van der Waals surface area contributed by atoms with Crippen LogP contribution in [-0.4, -0.2) is 25.6 Å². The molecule has 0 radical (unpaired) electrons. The average molecular weight is 437 g/mol. The van der Waals surface area contributed by atoms with Crippen molar-refractivity contribution in [3.8, 4) is 11.6 Å². The molecule has 0 saturated heterocycles. The summed E-state index contributed by atoms with van der Waals surface area (Å²) in [6, 6.07) is 7.47. The first-order valence-electron chi connectivity index (χ1n) is 10.3. The minimum Gasteiger partial charge on any atom is -0.487 e. The van der Waals surface area contributed by atoms with Gasteiger partial charge in [-0.05, 0) is 43.1 Å². The zero-order valence-electron chi connectivity index (χ0n) is 17.4. The molecule has 0 aromatic carbocycles. The summed E-state index contributed by atoms with van der Waals surface area (Å²) < 4.78 is 35.7. The highest BCUT2D eigenvalue weighted by molar-refractivity contribution is 5.83. The van der Waals surface area contributed by atoms with Crippen LogP contribution in [0.4, 0.5) is 8.78 Å². The van der Waals surface area contributed by atoms with Crippen molar-refractivity contribution in [3.05, 3.63) is 81.7 Å². The van der Waals surface area contributed by atoms with E-state index < -0.39 is 11.6 Å². The molecule has 0 bridgehead atoms. The minimum atomic E-state index is -0.799. The van der Waals surface area contributed by atoms with Gasteiger partial charge in [0.1, 0.15) is 35.3 Å². The molecule has 5 rings (SSSR count). The van der Waals surface area contributed by atoms with Crippen LogP contribution in [0.25, 0.3) is 16.9 Å². The maximum absolute atomic E-state index is 13.7. The van der Waals surface area contributed by atoms with Gasteiger partial charge in [0, 0.05) is 43.0 Å². The molecule has 1 aliphatic rings. The first-order valence-corrected chi connectivity index (χ1v) is 10.3. The molecule has 5 heterocycles. The maximum Gasteiger partial charge on any atom is 0.259 e. The number of ether oxygens (including phenoxy) is 1. The van der Waals surface area contributed by atoms with Crippen molar-refractivity contribution < 1.29 is 13.5 Å². The first-order chi connectivity index (χ1) is 15.5. The molecule has 0 spiro atoms. The van der Waals surface area contributed by atoms with E-state index in [2.05, 4.69) is 14.9 Å². The highest BCUT2D eigenvalue weighted by atomic mass is 19.1. The Kier molecular flexibility index (Phi) is 5.18. The molecule has 4 aromatic rings. The van der Waals surface area contributed by atoms with Crippen LogP contribution in [0.1, 0.15) is 23.4 Å². The van der Waals surface area contributed by atoms with E-state index in [4.69, 9.17) is 9.72 Å². The van der Waals surface area contributed by atoms with Crippen molar-refractivity contribution in [2.45, 2.75) is 26.0 Å². The molecule has 0 fully saturated rings. The highest BCUT2D eigenvalue weighted by Crippen LogP contribution is 2.27. The third-order valence-electron chi connectivity index (χ3n) is 5.72. The van der Waals surface area contributed by atoms with Crippen molar-refractivity contribution in [3.63, 3.8) is 0 Å². The summed E-state index contributed by atoms with van der Waals surface area (Å²) in [6.07, 6.45) is 4.54. The Balaban J connectivity index is 1.42. The van der Waals surface area contributed by atoms with E-state index in [-0.39, 0.29) is 23.6 Å². The Hall–Kier alpha value is -3.59. The van der Waals surface area contributed by atoms with Crippen molar-refractivity contribution in [2.75, 3.05) is 6.54 Å². The van der Waals surface area contributed by atoms with Gasteiger partial charge in [-0.2, -0.15) is 0 Å². The number of aromatic nitrogens is 4. The van der Waals surface area contributed by atoms with Crippen molar-refractivity contribution in [2.24, 2.45) is 7.05 Å². The lowest BCUT2D eigenvalue weighted by Crippen LogP contribution is -2.18. The largest absolute Gasteiger partial charge is 0.487 e.